The zero-order valence-electron chi connectivity index (χ0n) is 20.9. The largest absolute Gasteiger partial charge is 0.0988 e. The summed E-state index contributed by atoms with van der Waals surface area (Å²) in [5.41, 5.74) is 8.59. The molecule has 0 aliphatic rings. The van der Waals surface area contributed by atoms with Crippen LogP contribution in [0.4, 0.5) is 0 Å². The van der Waals surface area contributed by atoms with Crippen molar-refractivity contribution in [1.82, 2.24) is 0 Å². The molecule has 0 fully saturated rings. The lowest BCUT2D eigenvalue weighted by Crippen LogP contribution is -1.83. The van der Waals surface area contributed by atoms with Gasteiger partial charge in [0.05, 0.1) is 0 Å². The third-order valence-electron chi connectivity index (χ3n) is 5.43. The molecule has 0 aromatic heterocycles. The second-order valence-electron chi connectivity index (χ2n) is 9.04. The zero-order chi connectivity index (χ0) is 22.8. The Morgan fingerprint density at radius 3 is 1.10 bits per heavy atom. The van der Waals surface area contributed by atoms with Crippen LogP contribution in [0.2, 0.25) is 0 Å². The molecule has 0 amide bonds. The molecule has 30 heavy (non-hydrogen) atoms. The molecule has 0 aromatic carbocycles. The van der Waals surface area contributed by atoms with E-state index in [0.717, 1.165) is 37.7 Å². The zero-order valence-corrected chi connectivity index (χ0v) is 20.9. The summed E-state index contributed by atoms with van der Waals surface area (Å²) in [4.78, 5) is 0. The normalized spacial score (nSPS) is 13.4. The highest BCUT2D eigenvalue weighted by atomic mass is 14.0. The van der Waals surface area contributed by atoms with Gasteiger partial charge in [0.25, 0.3) is 0 Å². The Morgan fingerprint density at radius 1 is 0.500 bits per heavy atom. The van der Waals surface area contributed by atoms with E-state index >= 15 is 0 Å². The van der Waals surface area contributed by atoms with Crippen LogP contribution < -0.4 is 0 Å². The highest BCUT2D eigenvalue weighted by Gasteiger charge is 1.95. The van der Waals surface area contributed by atoms with E-state index in [1.165, 1.54) is 60.0 Å². The lowest BCUT2D eigenvalue weighted by atomic mass is 10.0. The maximum atomic E-state index is 3.97. The van der Waals surface area contributed by atoms with Crippen LogP contribution in [0.3, 0.4) is 0 Å². The van der Waals surface area contributed by atoms with E-state index in [-0.39, 0.29) is 0 Å². The third-order valence-corrected chi connectivity index (χ3v) is 5.43. The molecule has 0 heteroatoms. The minimum Gasteiger partial charge on any atom is -0.0988 e. The van der Waals surface area contributed by atoms with Crippen molar-refractivity contribution >= 4 is 0 Å². The molecule has 0 saturated carbocycles. The molecule has 0 radical (unpaired) electrons. The van der Waals surface area contributed by atoms with Gasteiger partial charge in [-0.3, -0.25) is 0 Å². The summed E-state index contributed by atoms with van der Waals surface area (Å²) in [5, 5.41) is 0. The molecule has 0 atom stereocenters. The molecular weight excluding hydrogens is 360 g/mol. The predicted octanol–water partition coefficient (Wildman–Crippen LogP) is 10.4. The van der Waals surface area contributed by atoms with Crippen molar-refractivity contribution in [2.45, 2.75) is 106 Å². The van der Waals surface area contributed by atoms with Gasteiger partial charge in [0.2, 0.25) is 0 Å². The van der Waals surface area contributed by atoms with Gasteiger partial charge in [0, 0.05) is 0 Å². The average molecular weight is 409 g/mol. The smallest absolute Gasteiger partial charge is 0.0250 e. The molecule has 0 bridgehead atoms. The molecule has 0 nitrogen and oxygen atoms in total. The predicted molar refractivity (Wildman–Crippen MR) is 140 cm³/mol. The van der Waals surface area contributed by atoms with Crippen LogP contribution in [0.25, 0.3) is 0 Å². The van der Waals surface area contributed by atoms with E-state index < -0.39 is 0 Å². The molecular formula is C30H48. The third kappa shape index (κ3) is 18.2. The first-order valence-electron chi connectivity index (χ1n) is 11.8. The molecule has 168 valence electrons. The van der Waals surface area contributed by atoms with Crippen molar-refractivity contribution in [3.05, 3.63) is 83.1 Å². The highest BCUT2D eigenvalue weighted by molar-refractivity contribution is 5.13. The van der Waals surface area contributed by atoms with Gasteiger partial charge >= 0.3 is 0 Å². The van der Waals surface area contributed by atoms with Crippen molar-refractivity contribution in [2.24, 2.45) is 0 Å². The van der Waals surface area contributed by atoms with E-state index in [1.807, 2.05) is 6.08 Å². The van der Waals surface area contributed by atoms with E-state index in [2.05, 4.69) is 85.1 Å². The van der Waals surface area contributed by atoms with Crippen LogP contribution >= 0.6 is 0 Å². The van der Waals surface area contributed by atoms with E-state index in [9.17, 15) is 0 Å². The van der Waals surface area contributed by atoms with Crippen LogP contribution in [0.1, 0.15) is 106 Å². The molecule has 0 unspecified atom stereocenters. The molecule has 0 aliphatic heterocycles. The summed E-state index contributed by atoms with van der Waals surface area (Å²) in [7, 11) is 0. The molecule has 0 aromatic rings. The quantitative estimate of drug-likeness (QED) is 0.176. The Labute approximate surface area is 188 Å². The molecule has 0 aliphatic carbocycles. The van der Waals surface area contributed by atoms with Gasteiger partial charge in [-0.2, -0.15) is 0 Å². The van der Waals surface area contributed by atoms with Gasteiger partial charge in [-0.15, -0.1) is 0 Å². The summed E-state index contributed by atoms with van der Waals surface area (Å²) in [6.07, 6.45) is 25.3. The first-order valence-corrected chi connectivity index (χ1v) is 11.8. The van der Waals surface area contributed by atoms with Crippen LogP contribution in [0, 0.1) is 0 Å². The molecule has 0 rings (SSSR count). The summed E-state index contributed by atoms with van der Waals surface area (Å²) in [5.74, 6) is 0. The number of allylic oxidation sites excluding steroid dienone is 12. The fourth-order valence-electron chi connectivity index (χ4n) is 3.24. The SMILES string of the molecule is C=CC(=C)CCC=C(C)CCC=C(C)CCC=C(C)CCC=C(C)CCC=C(C)C. The first kappa shape index (κ1) is 28.2. The monoisotopic (exact) mass is 408 g/mol. The van der Waals surface area contributed by atoms with Crippen molar-refractivity contribution < 1.29 is 0 Å². The van der Waals surface area contributed by atoms with E-state index in [1.54, 1.807) is 0 Å². The lowest BCUT2D eigenvalue weighted by Gasteiger charge is -2.03. The summed E-state index contributed by atoms with van der Waals surface area (Å²) in [6.45, 7) is 21.1. The topological polar surface area (TPSA) is 0 Å². The van der Waals surface area contributed by atoms with Gasteiger partial charge < -0.3 is 0 Å². The van der Waals surface area contributed by atoms with Gasteiger partial charge in [-0.25, -0.2) is 0 Å². The Kier molecular flexibility index (Phi) is 16.9. The average Bonchev–Trinajstić information content (AvgIpc) is 2.67. The number of hydrogen-bond acceptors (Lipinski definition) is 0. The standard InChI is InChI=1S/C30H48/c1-9-26(4)16-11-18-28(6)20-13-22-30(8)24-14-23-29(7)21-12-19-27(5)17-10-15-25(2)3/h9,15,18-19,22-23H,1,4,10-14,16-17,20-21,24H2,2-3,5-8H3. The van der Waals surface area contributed by atoms with Crippen LogP contribution in [0.5, 0.6) is 0 Å². The number of hydrogen-bond donors (Lipinski definition) is 0. The maximum absolute atomic E-state index is 3.97. The van der Waals surface area contributed by atoms with Crippen molar-refractivity contribution in [2.75, 3.05) is 0 Å². The fourth-order valence-corrected chi connectivity index (χ4v) is 3.24. The van der Waals surface area contributed by atoms with E-state index in [0.29, 0.717) is 0 Å². The van der Waals surface area contributed by atoms with Crippen molar-refractivity contribution in [1.29, 1.82) is 0 Å². The fraction of sp³-hybridized carbons (Fsp3) is 0.533. The molecule has 0 heterocycles. The Morgan fingerprint density at radius 2 is 0.800 bits per heavy atom. The maximum Gasteiger partial charge on any atom is -0.0250 e. The van der Waals surface area contributed by atoms with Gasteiger partial charge in [0.15, 0.2) is 0 Å². The summed E-state index contributed by atoms with van der Waals surface area (Å²) >= 11 is 0. The molecule has 0 spiro atoms. The highest BCUT2D eigenvalue weighted by Crippen LogP contribution is 2.15. The molecule has 0 saturated heterocycles. The first-order chi connectivity index (χ1) is 14.2. The molecule has 0 N–H and O–H groups in total. The summed E-state index contributed by atoms with van der Waals surface area (Å²) < 4.78 is 0. The second kappa shape index (κ2) is 18.0. The Hall–Kier alpha value is -1.82. The minimum atomic E-state index is 1.02. The number of rotatable bonds is 16. The lowest BCUT2D eigenvalue weighted by molar-refractivity contribution is 0.888. The van der Waals surface area contributed by atoms with Crippen LogP contribution in [0.15, 0.2) is 83.1 Å². The van der Waals surface area contributed by atoms with Crippen molar-refractivity contribution in [3.63, 3.8) is 0 Å². The van der Waals surface area contributed by atoms with Crippen LogP contribution in [-0.4, -0.2) is 0 Å². The Balaban J connectivity index is 4.08. The van der Waals surface area contributed by atoms with Gasteiger partial charge in [-0.05, 0) is 106 Å². The Bertz CT molecular complexity index is 654. The van der Waals surface area contributed by atoms with Crippen LogP contribution in [-0.2, 0) is 0 Å². The van der Waals surface area contributed by atoms with Crippen molar-refractivity contribution in [3.8, 4) is 0 Å². The van der Waals surface area contributed by atoms with Gasteiger partial charge in [0.1, 0.15) is 0 Å². The van der Waals surface area contributed by atoms with Gasteiger partial charge in [-0.1, -0.05) is 83.1 Å². The van der Waals surface area contributed by atoms with E-state index in [4.69, 9.17) is 0 Å². The second-order valence-corrected chi connectivity index (χ2v) is 9.04. The minimum absolute atomic E-state index is 1.02. The summed E-state index contributed by atoms with van der Waals surface area (Å²) in [6, 6.07) is 0.